The Hall–Kier alpha value is -2.35. The van der Waals surface area contributed by atoms with Crippen LogP contribution in [0.25, 0.3) is 10.9 Å². The maximum Gasteiger partial charge on any atom is 0.264 e. The van der Waals surface area contributed by atoms with Gasteiger partial charge in [-0.2, -0.15) is 8.42 Å². The van der Waals surface area contributed by atoms with Gasteiger partial charge in [0.15, 0.2) is 0 Å². The molecule has 0 unspecified atom stereocenters. The van der Waals surface area contributed by atoms with Crippen LogP contribution in [0.3, 0.4) is 0 Å². The lowest BCUT2D eigenvalue weighted by Gasteiger charge is -2.08. The predicted octanol–water partition coefficient (Wildman–Crippen LogP) is 3.82. The van der Waals surface area contributed by atoms with Crippen LogP contribution < -0.4 is 4.74 Å². The number of hydrogen-bond donors (Lipinski definition) is 0. The molecule has 0 radical (unpaired) electrons. The van der Waals surface area contributed by atoms with Gasteiger partial charge in [-0.05, 0) is 61.4 Å². The van der Waals surface area contributed by atoms with Crippen LogP contribution in [0.15, 0.2) is 42.5 Å². The van der Waals surface area contributed by atoms with Crippen molar-refractivity contribution in [3.05, 3.63) is 64.3 Å². The third-order valence-electron chi connectivity index (χ3n) is 4.49. The van der Waals surface area contributed by atoms with E-state index >= 15 is 0 Å². The van der Waals surface area contributed by atoms with E-state index in [1.165, 1.54) is 0 Å². The second-order valence-electron chi connectivity index (χ2n) is 6.37. The van der Waals surface area contributed by atoms with E-state index in [0.29, 0.717) is 28.3 Å². The topological polar surface area (TPSA) is 74.6 Å². The zero-order valence-electron chi connectivity index (χ0n) is 15.7. The lowest BCUT2D eigenvalue weighted by molar-refractivity contribution is 0.0962. The monoisotopic (exact) mass is 421 g/mol. The lowest BCUT2D eigenvalue weighted by atomic mass is 10.1. The van der Waals surface area contributed by atoms with E-state index in [9.17, 15) is 13.2 Å². The van der Waals surface area contributed by atoms with Crippen molar-refractivity contribution in [2.75, 3.05) is 20.0 Å². The van der Waals surface area contributed by atoms with Crippen LogP contribution in [0.1, 0.15) is 21.6 Å². The summed E-state index contributed by atoms with van der Waals surface area (Å²) in [6.07, 6.45) is 1.35. The van der Waals surface area contributed by atoms with Crippen LogP contribution >= 0.6 is 11.6 Å². The van der Waals surface area contributed by atoms with Crippen molar-refractivity contribution < 1.29 is 22.1 Å². The summed E-state index contributed by atoms with van der Waals surface area (Å²) in [5.41, 5.74) is 2.77. The minimum Gasteiger partial charge on any atom is -0.497 e. The number of carbonyl (C=O) groups excluding carboxylic acids is 1. The van der Waals surface area contributed by atoms with Gasteiger partial charge in [0.1, 0.15) is 5.75 Å². The van der Waals surface area contributed by atoms with Crippen LogP contribution in [-0.4, -0.2) is 38.9 Å². The van der Waals surface area contributed by atoms with E-state index in [1.807, 2.05) is 19.1 Å². The summed E-state index contributed by atoms with van der Waals surface area (Å²) >= 11 is 5.93. The summed E-state index contributed by atoms with van der Waals surface area (Å²) in [6, 6.07) is 12.1. The zero-order chi connectivity index (χ0) is 20.5. The Morgan fingerprint density at radius 2 is 1.82 bits per heavy atom. The normalized spacial score (nSPS) is 11.7. The number of rotatable bonds is 6. The highest BCUT2D eigenvalue weighted by atomic mass is 35.5. The van der Waals surface area contributed by atoms with Crippen LogP contribution in [0, 0.1) is 6.92 Å². The van der Waals surface area contributed by atoms with Crippen LogP contribution in [0.4, 0.5) is 0 Å². The number of nitrogens with zero attached hydrogens (tertiary/aromatic N) is 1. The summed E-state index contributed by atoms with van der Waals surface area (Å²) in [5, 5.41) is 1.37. The molecular formula is C20H20ClNO5S. The first-order valence-corrected chi connectivity index (χ1v) is 10.7. The second kappa shape index (κ2) is 7.95. The van der Waals surface area contributed by atoms with Crippen molar-refractivity contribution in [3.63, 3.8) is 0 Å². The molecule has 148 valence electrons. The van der Waals surface area contributed by atoms with Crippen LogP contribution in [0.2, 0.25) is 5.02 Å². The Bertz CT molecular complexity index is 1130. The number of carbonyl (C=O) groups is 1. The molecule has 1 aromatic heterocycles. The molecule has 0 N–H and O–H groups in total. The summed E-state index contributed by atoms with van der Waals surface area (Å²) in [4.78, 5) is 13.2. The first-order chi connectivity index (χ1) is 13.2. The van der Waals surface area contributed by atoms with Crippen LogP contribution in [0.5, 0.6) is 5.75 Å². The van der Waals surface area contributed by atoms with Gasteiger partial charge in [-0.25, -0.2) is 0 Å². The van der Waals surface area contributed by atoms with E-state index < -0.39 is 10.1 Å². The van der Waals surface area contributed by atoms with Crippen molar-refractivity contribution >= 4 is 38.5 Å². The highest BCUT2D eigenvalue weighted by molar-refractivity contribution is 7.85. The van der Waals surface area contributed by atoms with E-state index in [0.717, 1.165) is 22.9 Å². The third-order valence-corrected chi connectivity index (χ3v) is 5.33. The maximum atomic E-state index is 13.2. The molecule has 1 heterocycles. The highest BCUT2D eigenvalue weighted by Gasteiger charge is 2.20. The smallest absolute Gasteiger partial charge is 0.264 e. The number of benzene rings is 2. The quantitative estimate of drug-likeness (QED) is 0.565. The Kier molecular flexibility index (Phi) is 5.79. The summed E-state index contributed by atoms with van der Waals surface area (Å²) < 4.78 is 34.4. The Balaban J connectivity index is 2.10. The molecule has 28 heavy (non-hydrogen) atoms. The Labute approximate surface area is 168 Å². The number of methoxy groups -OCH3 is 1. The van der Waals surface area contributed by atoms with Crippen LogP contribution in [-0.2, 0) is 20.7 Å². The first kappa shape index (κ1) is 20.4. The molecule has 2 aromatic carbocycles. The molecule has 0 aliphatic heterocycles. The molecule has 3 aromatic rings. The van der Waals surface area contributed by atoms with Gasteiger partial charge in [0.05, 0.1) is 25.5 Å². The fourth-order valence-corrected chi connectivity index (χ4v) is 3.70. The molecular weight excluding hydrogens is 402 g/mol. The van der Waals surface area contributed by atoms with E-state index in [-0.39, 0.29) is 12.5 Å². The molecule has 0 amide bonds. The molecule has 0 aliphatic rings. The van der Waals surface area contributed by atoms with E-state index in [1.54, 1.807) is 42.0 Å². The van der Waals surface area contributed by atoms with Gasteiger partial charge in [0, 0.05) is 21.7 Å². The van der Waals surface area contributed by atoms with Gasteiger partial charge in [-0.3, -0.25) is 13.5 Å². The second-order valence-corrected chi connectivity index (χ2v) is 8.45. The van der Waals surface area contributed by atoms with Gasteiger partial charge in [-0.15, -0.1) is 0 Å². The van der Waals surface area contributed by atoms with Crippen molar-refractivity contribution in [2.24, 2.45) is 0 Å². The molecule has 3 rings (SSSR count). The van der Waals surface area contributed by atoms with Crippen molar-refractivity contribution in [1.29, 1.82) is 0 Å². The number of fused-ring (bicyclic) bond motifs is 1. The molecule has 0 saturated carbocycles. The minimum atomic E-state index is -3.54. The Morgan fingerprint density at radius 1 is 1.14 bits per heavy atom. The average Bonchev–Trinajstić information content (AvgIpc) is 2.92. The SMILES string of the molecule is COc1ccc2c(c1)c(CCOS(C)(=O)=O)c(C)n2C(=O)c1ccc(Cl)cc1. The third kappa shape index (κ3) is 4.22. The van der Waals surface area contributed by atoms with Gasteiger partial charge in [-0.1, -0.05) is 11.6 Å². The van der Waals surface area contributed by atoms with Gasteiger partial charge in [0.25, 0.3) is 16.0 Å². The van der Waals surface area contributed by atoms with Gasteiger partial charge < -0.3 is 4.74 Å². The average molecular weight is 422 g/mol. The lowest BCUT2D eigenvalue weighted by Crippen LogP contribution is -2.14. The van der Waals surface area contributed by atoms with Gasteiger partial charge in [0.2, 0.25) is 0 Å². The fraction of sp³-hybridized carbons (Fsp3) is 0.250. The number of halogens is 1. The molecule has 0 aliphatic carbocycles. The number of aromatic nitrogens is 1. The Morgan fingerprint density at radius 3 is 2.43 bits per heavy atom. The van der Waals surface area contributed by atoms with E-state index in [2.05, 4.69) is 0 Å². The molecule has 6 nitrogen and oxygen atoms in total. The standard InChI is InChI=1S/C20H20ClNO5S/c1-13-17(10-11-27-28(3,24)25)18-12-16(26-2)8-9-19(18)22(13)20(23)14-4-6-15(21)7-5-14/h4-9,12H,10-11H2,1-3H3. The van der Waals surface area contributed by atoms with E-state index in [4.69, 9.17) is 20.5 Å². The largest absolute Gasteiger partial charge is 0.497 e. The zero-order valence-corrected chi connectivity index (χ0v) is 17.3. The van der Waals surface area contributed by atoms with Crippen molar-refractivity contribution in [3.8, 4) is 5.75 Å². The minimum absolute atomic E-state index is 0.00880. The molecule has 0 saturated heterocycles. The van der Waals surface area contributed by atoms with Crippen molar-refractivity contribution in [1.82, 2.24) is 4.57 Å². The predicted molar refractivity (Wildman–Crippen MR) is 109 cm³/mol. The summed E-state index contributed by atoms with van der Waals surface area (Å²) in [6.45, 7) is 1.82. The summed E-state index contributed by atoms with van der Waals surface area (Å²) in [5.74, 6) is 0.452. The molecule has 0 atom stereocenters. The first-order valence-electron chi connectivity index (χ1n) is 8.54. The molecule has 0 fully saturated rings. The fourth-order valence-electron chi connectivity index (χ4n) is 3.18. The summed E-state index contributed by atoms with van der Waals surface area (Å²) in [7, 11) is -1.97. The number of hydrogen-bond acceptors (Lipinski definition) is 5. The molecule has 0 bridgehead atoms. The van der Waals surface area contributed by atoms with Gasteiger partial charge >= 0.3 is 0 Å². The molecule has 0 spiro atoms. The van der Waals surface area contributed by atoms with Crippen molar-refractivity contribution in [2.45, 2.75) is 13.3 Å². The maximum absolute atomic E-state index is 13.2. The molecule has 8 heteroatoms. The highest BCUT2D eigenvalue weighted by Crippen LogP contribution is 2.31. The number of ether oxygens (including phenoxy) is 1.